The van der Waals surface area contributed by atoms with Crippen molar-refractivity contribution in [3.8, 4) is 56.5 Å². The SMILES string of the molecule is CCn1c2ccc3cc2c2cc(ccc21)[C@@]1(c2ccc(OC)cc2)c2cccnc2-c2ncc(cc21)-c1ccc2c(c1)c1cc(ccc1n2CC)[C@]1(c2ccc(OC)cc2)c2cccnc2-c2ncc-3cc21. The van der Waals surface area contributed by atoms with E-state index in [1.807, 2.05) is 24.8 Å². The fourth-order valence-corrected chi connectivity index (χ4v) is 13.3. The second kappa shape index (κ2) is 14.8. The molecule has 3 aliphatic carbocycles. The molecule has 12 aromatic rings. The number of hydrogen-bond donors (Lipinski definition) is 0. The molecule has 15 rings (SSSR count). The second-order valence-electron chi connectivity index (χ2n) is 19.4. The quantitative estimate of drug-likeness (QED) is 0.165. The number of pyridine rings is 4. The maximum Gasteiger partial charge on any atom is 0.118 e. The van der Waals surface area contributed by atoms with Crippen molar-refractivity contribution in [3.63, 3.8) is 0 Å². The molecular weight excluding hydrogens is 885 g/mol. The van der Waals surface area contributed by atoms with Crippen LogP contribution >= 0.6 is 0 Å². The lowest BCUT2D eigenvalue weighted by molar-refractivity contribution is 0.414. The lowest BCUT2D eigenvalue weighted by Crippen LogP contribution is -2.28. The Kier molecular flexibility index (Phi) is 8.43. The summed E-state index contributed by atoms with van der Waals surface area (Å²) >= 11 is 0. The zero-order valence-electron chi connectivity index (χ0n) is 40.2. The van der Waals surface area contributed by atoms with Crippen molar-refractivity contribution in [2.45, 2.75) is 37.8 Å². The predicted molar refractivity (Wildman–Crippen MR) is 287 cm³/mol. The number of methoxy groups -OCH3 is 2. The molecule has 0 saturated carbocycles. The Morgan fingerprint density at radius 2 is 0.750 bits per heavy atom. The van der Waals surface area contributed by atoms with Crippen LogP contribution in [0.5, 0.6) is 11.5 Å². The molecule has 0 spiro atoms. The number of rotatable bonds is 6. The highest BCUT2D eigenvalue weighted by Crippen LogP contribution is 2.58. The molecule has 0 aliphatic heterocycles. The van der Waals surface area contributed by atoms with Gasteiger partial charge in [0.25, 0.3) is 0 Å². The van der Waals surface area contributed by atoms with Gasteiger partial charge in [0.1, 0.15) is 11.5 Å². The molecule has 2 atom stereocenters. The van der Waals surface area contributed by atoms with E-state index in [9.17, 15) is 0 Å². The van der Waals surface area contributed by atoms with E-state index >= 15 is 0 Å². The maximum atomic E-state index is 5.77. The van der Waals surface area contributed by atoms with Crippen LogP contribution in [0.4, 0.5) is 0 Å². The molecule has 12 bridgehead atoms. The van der Waals surface area contributed by atoms with Crippen LogP contribution in [0.25, 0.3) is 88.6 Å². The van der Waals surface area contributed by atoms with E-state index in [-0.39, 0.29) is 0 Å². The lowest BCUT2D eigenvalue weighted by atomic mass is 9.67. The Balaban J connectivity index is 1.11. The van der Waals surface area contributed by atoms with Gasteiger partial charge >= 0.3 is 0 Å². The zero-order valence-corrected chi connectivity index (χ0v) is 40.2. The third-order valence-corrected chi connectivity index (χ3v) is 16.4. The van der Waals surface area contributed by atoms with Crippen molar-refractivity contribution < 1.29 is 9.47 Å². The highest BCUT2D eigenvalue weighted by molar-refractivity contribution is 6.11. The van der Waals surface area contributed by atoms with Crippen molar-refractivity contribution in [2.24, 2.45) is 0 Å². The van der Waals surface area contributed by atoms with E-state index in [1.165, 1.54) is 43.6 Å². The molecule has 6 aromatic carbocycles. The van der Waals surface area contributed by atoms with Gasteiger partial charge < -0.3 is 18.6 Å². The molecule has 8 heteroatoms. The van der Waals surface area contributed by atoms with Crippen LogP contribution in [0, 0.1) is 0 Å². The molecule has 6 heterocycles. The number of benzene rings is 6. The van der Waals surface area contributed by atoms with Gasteiger partial charge in [0, 0.05) is 104 Å². The van der Waals surface area contributed by atoms with Gasteiger partial charge in [-0.3, -0.25) is 19.9 Å². The minimum atomic E-state index is -0.767. The summed E-state index contributed by atoms with van der Waals surface area (Å²) in [5.74, 6) is 1.61. The van der Waals surface area contributed by atoms with Crippen LogP contribution in [0.15, 0.2) is 183 Å². The Morgan fingerprint density at radius 3 is 1.15 bits per heavy atom. The van der Waals surface area contributed by atoms with E-state index in [0.717, 1.165) is 114 Å². The summed E-state index contributed by atoms with van der Waals surface area (Å²) in [5.41, 5.74) is 19.9. The third kappa shape index (κ3) is 5.15. The van der Waals surface area contributed by atoms with E-state index in [0.29, 0.717) is 0 Å². The number of hydrogen-bond acceptors (Lipinski definition) is 6. The topological polar surface area (TPSA) is 79.9 Å². The molecule has 0 unspecified atom stereocenters. The van der Waals surface area contributed by atoms with Crippen LogP contribution in [-0.4, -0.2) is 43.3 Å². The summed E-state index contributed by atoms with van der Waals surface area (Å²) < 4.78 is 16.4. The van der Waals surface area contributed by atoms with Crippen molar-refractivity contribution in [2.75, 3.05) is 14.2 Å². The Hall–Kier alpha value is -8.88. The molecule has 0 amide bonds. The maximum absolute atomic E-state index is 5.77. The zero-order chi connectivity index (χ0) is 48.0. The first kappa shape index (κ1) is 41.0. The molecule has 344 valence electrons. The first-order chi connectivity index (χ1) is 35.5. The number of ether oxygens (including phenoxy) is 2. The van der Waals surface area contributed by atoms with Crippen LogP contribution in [0.2, 0.25) is 0 Å². The van der Waals surface area contributed by atoms with Gasteiger partial charge in [-0.1, -0.05) is 60.7 Å². The number of nitrogens with zero attached hydrogens (tertiary/aromatic N) is 6. The number of aryl methyl sites for hydroxylation is 2. The highest BCUT2D eigenvalue weighted by atomic mass is 16.5. The predicted octanol–water partition coefficient (Wildman–Crippen LogP) is 13.9. The highest BCUT2D eigenvalue weighted by Gasteiger charge is 2.50. The van der Waals surface area contributed by atoms with Crippen LogP contribution in [0.1, 0.15) is 58.4 Å². The van der Waals surface area contributed by atoms with Gasteiger partial charge in [-0.15, -0.1) is 0 Å². The van der Waals surface area contributed by atoms with Gasteiger partial charge in [-0.05, 0) is 155 Å². The molecule has 0 radical (unpaired) electrons. The Morgan fingerprint density at radius 1 is 0.375 bits per heavy atom. The second-order valence-corrected chi connectivity index (χ2v) is 19.4. The normalized spacial score (nSPS) is 16.8. The van der Waals surface area contributed by atoms with Gasteiger partial charge in [0.2, 0.25) is 0 Å². The smallest absolute Gasteiger partial charge is 0.118 e. The van der Waals surface area contributed by atoms with Gasteiger partial charge in [-0.2, -0.15) is 0 Å². The van der Waals surface area contributed by atoms with Crippen LogP contribution < -0.4 is 9.47 Å². The Bertz CT molecular complexity index is 4010. The summed E-state index contributed by atoms with van der Waals surface area (Å²) in [7, 11) is 3.45. The molecule has 0 fully saturated rings. The molecule has 3 aliphatic rings. The standard InChI is InChI=1S/C64H46N6O2/c1-5-69-55-23-11-37-29-47(55)49-33-43(17-25-57(49)69)63(41-13-19-45(71-3)20-14-41)51-9-7-27-65-59(51)61-53(63)32-40(36-68-61)38-12-24-56-48(30-38)50-34-44(18-26-58(50)70(56)6-2)64(42-15-21-46(72-4)22-16-42)52-10-8-28-66-60(52)62-54(64)31-39(37)35-67-62/h7-36H,5-6H2,1-4H3/t63-,64+. The van der Waals surface area contributed by atoms with Gasteiger partial charge in [0.05, 0.1) is 47.8 Å². The Labute approximate surface area is 415 Å². The minimum Gasteiger partial charge on any atom is -0.497 e. The van der Waals surface area contributed by atoms with Crippen molar-refractivity contribution >= 4 is 43.6 Å². The van der Waals surface area contributed by atoms with Crippen LogP contribution in [-0.2, 0) is 23.9 Å². The van der Waals surface area contributed by atoms with Crippen LogP contribution in [0.3, 0.4) is 0 Å². The fraction of sp³-hybridized carbons (Fsp3) is 0.125. The minimum absolute atomic E-state index is 0.767. The summed E-state index contributed by atoms with van der Waals surface area (Å²) in [6, 6.07) is 58.7. The number of fused-ring (bicyclic) bond motifs is 16. The third-order valence-electron chi connectivity index (χ3n) is 16.4. The molecule has 0 N–H and O–H groups in total. The summed E-state index contributed by atoms with van der Waals surface area (Å²) in [6.45, 7) is 6.10. The van der Waals surface area contributed by atoms with Crippen molar-refractivity contribution in [3.05, 3.63) is 227 Å². The van der Waals surface area contributed by atoms with Gasteiger partial charge in [0.15, 0.2) is 0 Å². The molecular formula is C64H46N6O2. The first-order valence-electron chi connectivity index (χ1n) is 24.8. The monoisotopic (exact) mass is 930 g/mol. The molecule has 72 heavy (non-hydrogen) atoms. The summed E-state index contributed by atoms with van der Waals surface area (Å²) in [4.78, 5) is 21.0. The average Bonchev–Trinajstić information content (AvgIpc) is 4.14. The van der Waals surface area contributed by atoms with E-state index in [4.69, 9.17) is 29.4 Å². The van der Waals surface area contributed by atoms with Crippen molar-refractivity contribution in [1.29, 1.82) is 0 Å². The summed E-state index contributed by atoms with van der Waals surface area (Å²) in [5, 5.41) is 4.73. The molecule has 6 aromatic heterocycles. The van der Waals surface area contributed by atoms with E-state index in [2.05, 4.69) is 181 Å². The van der Waals surface area contributed by atoms with E-state index < -0.39 is 10.8 Å². The van der Waals surface area contributed by atoms with Crippen molar-refractivity contribution in [1.82, 2.24) is 29.1 Å². The summed E-state index contributed by atoms with van der Waals surface area (Å²) in [6.07, 6.45) is 7.87. The van der Waals surface area contributed by atoms with E-state index in [1.54, 1.807) is 14.2 Å². The molecule has 0 saturated heterocycles. The number of aromatic nitrogens is 6. The average molecular weight is 931 g/mol. The van der Waals surface area contributed by atoms with Gasteiger partial charge in [-0.25, -0.2) is 0 Å². The first-order valence-corrected chi connectivity index (χ1v) is 24.8. The fourth-order valence-electron chi connectivity index (χ4n) is 13.3. The largest absolute Gasteiger partial charge is 0.497 e. The molecule has 8 nitrogen and oxygen atoms in total. The lowest BCUT2D eigenvalue weighted by Gasteiger charge is -2.34.